The Morgan fingerprint density at radius 1 is 1.26 bits per heavy atom. The number of para-hydroxylation sites is 1. The van der Waals surface area contributed by atoms with Crippen molar-refractivity contribution in [1.82, 2.24) is 10.3 Å². The number of carbonyl (C=O) groups is 2. The lowest BCUT2D eigenvalue weighted by atomic mass is 9.80. The highest BCUT2D eigenvalue weighted by atomic mass is 32.1. The lowest BCUT2D eigenvalue weighted by Crippen LogP contribution is -2.46. The second-order valence-corrected chi connectivity index (χ2v) is 7.17. The summed E-state index contributed by atoms with van der Waals surface area (Å²) in [4.78, 5) is 27.1. The minimum atomic E-state index is -0.758. The Bertz CT molecular complexity index is 674. The molecule has 0 atom stereocenters. The Labute approximate surface area is 138 Å². The lowest BCUT2D eigenvalue weighted by Gasteiger charge is -2.32. The highest BCUT2D eigenvalue weighted by molar-refractivity contribution is 7.18. The summed E-state index contributed by atoms with van der Waals surface area (Å²) in [6.07, 6.45) is 4.29. The molecular formula is C17H20N2O3S. The van der Waals surface area contributed by atoms with Crippen LogP contribution in [0.2, 0.25) is 0 Å². The molecule has 1 heterocycles. The van der Waals surface area contributed by atoms with E-state index in [1.165, 1.54) is 4.70 Å². The third-order valence-electron chi connectivity index (χ3n) is 4.24. The van der Waals surface area contributed by atoms with Crippen molar-refractivity contribution in [3.63, 3.8) is 0 Å². The molecule has 23 heavy (non-hydrogen) atoms. The summed E-state index contributed by atoms with van der Waals surface area (Å²) in [7, 11) is 0. The van der Waals surface area contributed by atoms with Gasteiger partial charge in [0.05, 0.1) is 21.1 Å². The van der Waals surface area contributed by atoms with E-state index >= 15 is 0 Å². The van der Waals surface area contributed by atoms with Crippen LogP contribution in [0.4, 0.5) is 0 Å². The van der Waals surface area contributed by atoms with E-state index in [1.807, 2.05) is 18.2 Å². The number of carboxylic acids is 1. The van der Waals surface area contributed by atoms with E-state index in [0.717, 1.165) is 29.8 Å². The van der Waals surface area contributed by atoms with E-state index in [2.05, 4.69) is 16.4 Å². The first-order valence-corrected chi connectivity index (χ1v) is 8.80. The van der Waals surface area contributed by atoms with Crippen molar-refractivity contribution in [3.05, 3.63) is 29.3 Å². The van der Waals surface area contributed by atoms with Gasteiger partial charge in [-0.1, -0.05) is 12.1 Å². The van der Waals surface area contributed by atoms with Crippen LogP contribution in [0.15, 0.2) is 24.3 Å². The van der Waals surface area contributed by atoms with Crippen LogP contribution in [-0.2, 0) is 16.0 Å². The number of hydrogen-bond donors (Lipinski definition) is 2. The van der Waals surface area contributed by atoms with Gasteiger partial charge in [0.1, 0.15) is 0 Å². The number of thiazole rings is 1. The van der Waals surface area contributed by atoms with Gasteiger partial charge in [0, 0.05) is 12.5 Å². The van der Waals surface area contributed by atoms with E-state index in [1.54, 1.807) is 11.3 Å². The number of amides is 1. The molecular weight excluding hydrogens is 312 g/mol. The number of aromatic nitrogens is 1. The third kappa shape index (κ3) is 4.07. The first-order valence-electron chi connectivity index (χ1n) is 7.98. The summed E-state index contributed by atoms with van der Waals surface area (Å²) in [5, 5.41) is 12.8. The molecule has 0 spiro atoms. The summed E-state index contributed by atoms with van der Waals surface area (Å²) in [6, 6.07) is 8.15. The Morgan fingerprint density at radius 2 is 2.04 bits per heavy atom. The molecule has 1 aromatic heterocycles. The van der Waals surface area contributed by atoms with Crippen LogP contribution >= 0.6 is 11.3 Å². The van der Waals surface area contributed by atoms with Gasteiger partial charge < -0.3 is 10.4 Å². The summed E-state index contributed by atoms with van der Waals surface area (Å²) in [6.45, 7) is 0. The molecule has 0 aliphatic heterocycles. The number of fused-ring (bicyclic) bond motifs is 1. The van der Waals surface area contributed by atoms with Crippen molar-refractivity contribution in [2.75, 3.05) is 0 Å². The van der Waals surface area contributed by atoms with Gasteiger partial charge in [-0.15, -0.1) is 11.3 Å². The van der Waals surface area contributed by atoms with Crippen LogP contribution in [0.1, 0.15) is 37.1 Å². The van der Waals surface area contributed by atoms with Gasteiger partial charge in [-0.3, -0.25) is 9.59 Å². The molecule has 2 N–H and O–H groups in total. The van der Waals surface area contributed by atoms with E-state index in [0.29, 0.717) is 19.3 Å². The Balaban J connectivity index is 1.33. The van der Waals surface area contributed by atoms with Crippen LogP contribution < -0.4 is 5.32 Å². The van der Waals surface area contributed by atoms with Crippen LogP contribution in [-0.4, -0.2) is 28.0 Å². The Kier molecular flexibility index (Phi) is 4.91. The Morgan fingerprint density at radius 3 is 2.78 bits per heavy atom. The van der Waals surface area contributed by atoms with Crippen molar-refractivity contribution < 1.29 is 14.7 Å². The fourth-order valence-electron chi connectivity index (χ4n) is 2.83. The quantitative estimate of drug-likeness (QED) is 0.764. The molecule has 1 aliphatic carbocycles. The SMILES string of the molecule is O=C(CCCCc1nc2ccccc2s1)NC1CC(C(=O)O)C1. The molecule has 1 saturated carbocycles. The van der Waals surface area contributed by atoms with Gasteiger partial charge in [-0.2, -0.15) is 0 Å². The molecule has 0 radical (unpaired) electrons. The highest BCUT2D eigenvalue weighted by Gasteiger charge is 2.34. The van der Waals surface area contributed by atoms with Gasteiger partial charge in [-0.25, -0.2) is 4.98 Å². The number of benzene rings is 1. The van der Waals surface area contributed by atoms with E-state index in [4.69, 9.17) is 5.11 Å². The van der Waals surface area contributed by atoms with Gasteiger partial charge in [0.2, 0.25) is 5.91 Å². The third-order valence-corrected chi connectivity index (χ3v) is 5.33. The zero-order chi connectivity index (χ0) is 16.2. The summed E-state index contributed by atoms with van der Waals surface area (Å²) < 4.78 is 1.21. The Hall–Kier alpha value is -1.95. The van der Waals surface area contributed by atoms with Crippen molar-refractivity contribution >= 4 is 33.4 Å². The average Bonchev–Trinajstić information content (AvgIpc) is 2.89. The molecule has 1 aliphatic rings. The van der Waals surface area contributed by atoms with Gasteiger partial charge >= 0.3 is 5.97 Å². The standard InChI is InChI=1S/C17H20N2O3S/c20-15(18-12-9-11(10-12)17(21)22)7-3-4-8-16-19-13-5-1-2-6-14(13)23-16/h1-2,5-6,11-12H,3-4,7-10H2,(H,18,20)(H,21,22). The number of unbranched alkanes of at least 4 members (excludes halogenated alkanes) is 1. The van der Waals surface area contributed by atoms with E-state index < -0.39 is 5.97 Å². The van der Waals surface area contributed by atoms with Crippen molar-refractivity contribution in [3.8, 4) is 0 Å². The molecule has 6 heteroatoms. The number of carbonyl (C=O) groups excluding carboxylic acids is 1. The number of rotatable bonds is 7. The maximum atomic E-state index is 11.8. The van der Waals surface area contributed by atoms with Crippen molar-refractivity contribution in [2.45, 2.75) is 44.6 Å². The summed E-state index contributed by atoms with van der Waals surface area (Å²) in [5.41, 5.74) is 1.04. The normalized spacial score (nSPS) is 20.2. The molecule has 122 valence electrons. The zero-order valence-electron chi connectivity index (χ0n) is 12.8. The first kappa shape index (κ1) is 15.9. The number of hydrogen-bond acceptors (Lipinski definition) is 4. The molecule has 1 amide bonds. The minimum absolute atomic E-state index is 0.0307. The number of nitrogens with one attached hydrogen (secondary N) is 1. The van der Waals surface area contributed by atoms with Crippen LogP contribution in [0, 0.1) is 5.92 Å². The molecule has 0 bridgehead atoms. The molecule has 0 saturated heterocycles. The molecule has 3 rings (SSSR count). The van der Waals surface area contributed by atoms with E-state index in [-0.39, 0.29) is 17.9 Å². The molecule has 2 aromatic rings. The molecule has 1 aromatic carbocycles. The monoisotopic (exact) mass is 332 g/mol. The highest BCUT2D eigenvalue weighted by Crippen LogP contribution is 2.27. The largest absolute Gasteiger partial charge is 0.481 e. The number of aryl methyl sites for hydroxylation is 1. The van der Waals surface area contributed by atoms with Gasteiger partial charge in [0.15, 0.2) is 0 Å². The molecule has 0 unspecified atom stereocenters. The summed E-state index contributed by atoms with van der Waals surface area (Å²) in [5.74, 6) is -1.01. The maximum Gasteiger partial charge on any atom is 0.306 e. The minimum Gasteiger partial charge on any atom is -0.481 e. The van der Waals surface area contributed by atoms with Gasteiger partial charge in [0.25, 0.3) is 0 Å². The van der Waals surface area contributed by atoms with Crippen LogP contribution in [0.25, 0.3) is 10.2 Å². The molecule has 5 nitrogen and oxygen atoms in total. The second kappa shape index (κ2) is 7.08. The number of nitrogens with zero attached hydrogens (tertiary/aromatic N) is 1. The predicted octanol–water partition coefficient (Wildman–Crippen LogP) is 2.99. The maximum absolute atomic E-state index is 11.8. The smallest absolute Gasteiger partial charge is 0.306 e. The summed E-state index contributed by atoms with van der Waals surface area (Å²) >= 11 is 1.72. The topological polar surface area (TPSA) is 79.3 Å². The first-order chi connectivity index (χ1) is 11.1. The van der Waals surface area contributed by atoms with Gasteiger partial charge in [-0.05, 0) is 44.2 Å². The van der Waals surface area contributed by atoms with Crippen LogP contribution in [0.5, 0.6) is 0 Å². The second-order valence-electron chi connectivity index (χ2n) is 6.05. The zero-order valence-corrected chi connectivity index (χ0v) is 13.6. The molecule has 1 fully saturated rings. The number of carboxylic acid groups (broad SMARTS) is 1. The fraction of sp³-hybridized carbons (Fsp3) is 0.471. The van der Waals surface area contributed by atoms with Crippen molar-refractivity contribution in [2.24, 2.45) is 5.92 Å². The van der Waals surface area contributed by atoms with Crippen molar-refractivity contribution in [1.29, 1.82) is 0 Å². The van der Waals surface area contributed by atoms with Crippen LogP contribution in [0.3, 0.4) is 0 Å². The predicted molar refractivity (Wildman–Crippen MR) is 89.5 cm³/mol. The number of aliphatic carboxylic acids is 1. The van der Waals surface area contributed by atoms with E-state index in [9.17, 15) is 9.59 Å². The lowest BCUT2D eigenvalue weighted by molar-refractivity contribution is -0.146. The fourth-order valence-corrected chi connectivity index (χ4v) is 3.83. The average molecular weight is 332 g/mol.